The predicted molar refractivity (Wildman–Crippen MR) is 108 cm³/mol. The Morgan fingerprint density at radius 1 is 1.11 bits per heavy atom. The van der Waals surface area contributed by atoms with E-state index in [1.165, 1.54) is 11.8 Å². The van der Waals surface area contributed by atoms with Gasteiger partial charge in [0.25, 0.3) is 5.91 Å². The smallest absolute Gasteiger partial charge is 0.261 e. The molecule has 3 aromatic rings. The van der Waals surface area contributed by atoms with Gasteiger partial charge in [-0.3, -0.25) is 10.0 Å². The Morgan fingerprint density at radius 2 is 1.85 bits per heavy atom. The Bertz CT molecular complexity index is 990. The van der Waals surface area contributed by atoms with Gasteiger partial charge in [-0.05, 0) is 53.6 Å². The van der Waals surface area contributed by atoms with Crippen LogP contribution >= 0.6 is 11.8 Å². The van der Waals surface area contributed by atoms with Crippen LogP contribution in [-0.4, -0.2) is 17.7 Å². The second kappa shape index (κ2) is 9.13. The molecule has 0 aromatic heterocycles. The minimum Gasteiger partial charge on any atom is -0.481 e. The molecule has 1 unspecified atom stereocenters. The van der Waals surface area contributed by atoms with Gasteiger partial charge in [0.15, 0.2) is 0 Å². The molecule has 0 bridgehead atoms. The maximum absolute atomic E-state index is 12.3. The monoisotopic (exact) mass is 377 g/mol. The lowest BCUT2D eigenvalue weighted by atomic mass is 10.0. The van der Waals surface area contributed by atoms with Crippen molar-refractivity contribution in [3.63, 3.8) is 0 Å². The normalized spacial score (nSPS) is 11.3. The van der Waals surface area contributed by atoms with Crippen molar-refractivity contribution in [1.29, 1.82) is 0 Å². The van der Waals surface area contributed by atoms with Crippen molar-refractivity contribution < 1.29 is 14.7 Å². The van der Waals surface area contributed by atoms with Gasteiger partial charge in [0, 0.05) is 4.90 Å². The third kappa shape index (κ3) is 4.82. The van der Waals surface area contributed by atoms with E-state index in [2.05, 4.69) is 11.8 Å². The third-order valence-electron chi connectivity index (χ3n) is 3.99. The van der Waals surface area contributed by atoms with E-state index in [0.29, 0.717) is 6.61 Å². The summed E-state index contributed by atoms with van der Waals surface area (Å²) in [5.41, 5.74) is 2.60. The molecule has 3 rings (SSSR count). The van der Waals surface area contributed by atoms with Crippen LogP contribution in [0.15, 0.2) is 71.6 Å². The molecule has 4 nitrogen and oxygen atoms in total. The lowest BCUT2D eigenvalue weighted by Gasteiger charge is -2.16. The first-order chi connectivity index (χ1) is 13.2. The number of carbonyl (C=O) groups is 1. The van der Waals surface area contributed by atoms with Crippen LogP contribution in [0.4, 0.5) is 0 Å². The number of carbonyl (C=O) groups excluding carboxylic acids is 1. The highest BCUT2D eigenvalue weighted by Crippen LogP contribution is 2.37. The van der Waals surface area contributed by atoms with Gasteiger partial charge in [-0.25, -0.2) is 5.48 Å². The van der Waals surface area contributed by atoms with Crippen LogP contribution in [0.3, 0.4) is 0 Å². The molecule has 2 N–H and O–H groups in total. The second-order valence-corrected chi connectivity index (χ2v) is 6.95. The number of hydroxylamine groups is 1. The number of hydrogen-bond donors (Lipinski definition) is 2. The third-order valence-corrected chi connectivity index (χ3v) is 5.26. The zero-order valence-electron chi connectivity index (χ0n) is 14.8. The van der Waals surface area contributed by atoms with Gasteiger partial charge in [0.1, 0.15) is 17.6 Å². The van der Waals surface area contributed by atoms with Crippen molar-refractivity contribution in [2.75, 3.05) is 6.61 Å². The van der Waals surface area contributed by atoms with Gasteiger partial charge in [0.05, 0.1) is 0 Å². The van der Waals surface area contributed by atoms with Crippen LogP contribution in [-0.2, 0) is 4.79 Å². The predicted octanol–water partition coefficient (Wildman–Crippen LogP) is 4.58. The van der Waals surface area contributed by atoms with Crippen LogP contribution in [0.2, 0.25) is 0 Å². The standard InChI is InChI=1S/C22H19NO3S/c1-2-3-14-26-19-10-12-20(13-11-19)27-21(22(24)23-25)18-9-8-16-6-4-5-7-17(16)15-18/h4-13,15,21,25H,14H2,1H3,(H,23,24). The highest BCUT2D eigenvalue weighted by Gasteiger charge is 2.22. The average Bonchev–Trinajstić information content (AvgIpc) is 2.72. The van der Waals surface area contributed by atoms with E-state index in [1.807, 2.05) is 66.7 Å². The fourth-order valence-electron chi connectivity index (χ4n) is 2.64. The minimum atomic E-state index is -0.572. The van der Waals surface area contributed by atoms with Crippen molar-refractivity contribution >= 4 is 28.4 Å². The summed E-state index contributed by atoms with van der Waals surface area (Å²) in [4.78, 5) is 13.2. The van der Waals surface area contributed by atoms with Crippen LogP contribution in [0, 0.1) is 11.8 Å². The minimum absolute atomic E-state index is 0.343. The van der Waals surface area contributed by atoms with Crippen molar-refractivity contribution in [2.24, 2.45) is 0 Å². The van der Waals surface area contributed by atoms with Crippen molar-refractivity contribution in [1.82, 2.24) is 5.48 Å². The number of hydrogen-bond acceptors (Lipinski definition) is 4. The molecule has 0 heterocycles. The van der Waals surface area contributed by atoms with E-state index in [9.17, 15) is 10.0 Å². The molecule has 0 spiro atoms. The number of fused-ring (bicyclic) bond motifs is 1. The zero-order chi connectivity index (χ0) is 19.1. The van der Waals surface area contributed by atoms with Crippen LogP contribution in [0.1, 0.15) is 17.7 Å². The number of nitrogens with one attached hydrogen (secondary N) is 1. The zero-order valence-corrected chi connectivity index (χ0v) is 15.6. The number of ether oxygens (including phenoxy) is 1. The lowest BCUT2D eigenvalue weighted by molar-refractivity contribution is -0.128. The van der Waals surface area contributed by atoms with Crippen LogP contribution in [0.25, 0.3) is 10.8 Å². The molecule has 3 aromatic carbocycles. The summed E-state index contributed by atoms with van der Waals surface area (Å²) in [5.74, 6) is 5.88. The Labute approximate surface area is 162 Å². The van der Waals surface area contributed by atoms with Crippen molar-refractivity contribution in [3.8, 4) is 17.6 Å². The van der Waals surface area contributed by atoms with E-state index in [0.717, 1.165) is 27.0 Å². The maximum atomic E-state index is 12.3. The average molecular weight is 377 g/mol. The molecular weight excluding hydrogens is 358 g/mol. The molecule has 27 heavy (non-hydrogen) atoms. The molecule has 5 heteroatoms. The first-order valence-electron chi connectivity index (χ1n) is 8.43. The SMILES string of the molecule is CC#CCOc1ccc(SC(C(=O)NO)c2ccc3ccccc3c2)cc1. The Hall–Kier alpha value is -2.94. The van der Waals surface area contributed by atoms with Crippen LogP contribution < -0.4 is 10.2 Å². The molecular formula is C22H19NO3S. The van der Waals surface area contributed by atoms with Crippen molar-refractivity contribution in [3.05, 3.63) is 72.3 Å². The van der Waals surface area contributed by atoms with Crippen molar-refractivity contribution in [2.45, 2.75) is 17.1 Å². The number of amides is 1. The first kappa shape index (κ1) is 18.8. The molecule has 0 aliphatic heterocycles. The summed E-state index contributed by atoms with van der Waals surface area (Å²) >= 11 is 1.36. The Morgan fingerprint density at radius 3 is 2.56 bits per heavy atom. The molecule has 0 saturated carbocycles. The molecule has 0 saturated heterocycles. The molecule has 0 aliphatic rings. The highest BCUT2D eigenvalue weighted by molar-refractivity contribution is 8.00. The fourth-order valence-corrected chi connectivity index (χ4v) is 3.65. The number of benzene rings is 3. The number of thioether (sulfide) groups is 1. The van der Waals surface area contributed by atoms with Gasteiger partial charge in [-0.1, -0.05) is 42.3 Å². The van der Waals surface area contributed by atoms with E-state index in [-0.39, 0.29) is 0 Å². The molecule has 0 aliphatic carbocycles. The summed E-state index contributed by atoms with van der Waals surface area (Å²) < 4.78 is 5.51. The first-order valence-corrected chi connectivity index (χ1v) is 9.31. The quantitative estimate of drug-likeness (QED) is 0.286. The highest BCUT2D eigenvalue weighted by atomic mass is 32.2. The van der Waals surface area contributed by atoms with Gasteiger partial charge < -0.3 is 4.74 Å². The van der Waals surface area contributed by atoms with Gasteiger partial charge >= 0.3 is 0 Å². The lowest BCUT2D eigenvalue weighted by Crippen LogP contribution is -2.24. The largest absolute Gasteiger partial charge is 0.481 e. The van der Waals surface area contributed by atoms with E-state index >= 15 is 0 Å². The molecule has 1 amide bonds. The molecule has 0 fully saturated rings. The summed E-state index contributed by atoms with van der Waals surface area (Å²) in [6.45, 7) is 2.11. The second-order valence-electron chi connectivity index (χ2n) is 5.77. The van der Waals surface area contributed by atoms with E-state index < -0.39 is 11.2 Å². The topological polar surface area (TPSA) is 58.6 Å². The van der Waals surface area contributed by atoms with E-state index in [1.54, 1.807) is 12.4 Å². The number of rotatable bonds is 6. The molecule has 0 radical (unpaired) electrons. The van der Waals surface area contributed by atoms with Crippen LogP contribution in [0.5, 0.6) is 5.75 Å². The fraction of sp³-hybridized carbons (Fsp3) is 0.136. The summed E-state index contributed by atoms with van der Waals surface area (Å²) in [6.07, 6.45) is 0. The van der Waals surface area contributed by atoms with E-state index in [4.69, 9.17) is 4.74 Å². The Balaban J connectivity index is 1.82. The summed E-state index contributed by atoms with van der Waals surface area (Å²) in [7, 11) is 0. The maximum Gasteiger partial charge on any atom is 0.261 e. The molecule has 136 valence electrons. The summed E-state index contributed by atoms with van der Waals surface area (Å²) in [5, 5.41) is 10.8. The van der Waals surface area contributed by atoms with Gasteiger partial charge in [-0.15, -0.1) is 17.7 Å². The summed E-state index contributed by atoms with van der Waals surface area (Å²) in [6, 6.07) is 21.3. The van der Waals surface area contributed by atoms with Gasteiger partial charge in [-0.2, -0.15) is 0 Å². The Kier molecular flexibility index (Phi) is 6.37. The van der Waals surface area contributed by atoms with Gasteiger partial charge in [0.2, 0.25) is 0 Å². The molecule has 1 atom stereocenters.